The molecule has 26 heavy (non-hydrogen) atoms. The van der Waals surface area contributed by atoms with Crippen molar-refractivity contribution in [2.75, 3.05) is 32.8 Å². The lowest BCUT2D eigenvalue weighted by Gasteiger charge is -2.12. The Morgan fingerprint density at radius 1 is 0.962 bits per heavy atom. The number of benzene rings is 2. The fraction of sp³-hybridized carbons (Fsp3) is 0.263. The summed E-state index contributed by atoms with van der Waals surface area (Å²) >= 11 is 0. The quantitative estimate of drug-likeness (QED) is 0.730. The smallest absolute Gasteiger partial charge is 0.338 e. The molecule has 2 rings (SSSR count). The third kappa shape index (κ3) is 4.89. The van der Waals surface area contributed by atoms with Crippen LogP contribution in [0.5, 0.6) is 17.2 Å². The SMILES string of the molecule is CCOc1cc(C(=O)OCC(=O)Nc2ccccc2OC)ccc1OC. The second-order valence-corrected chi connectivity index (χ2v) is 5.12. The van der Waals surface area contributed by atoms with Crippen LogP contribution in [0.3, 0.4) is 0 Å². The molecule has 0 saturated carbocycles. The minimum atomic E-state index is -0.635. The van der Waals surface area contributed by atoms with Crippen LogP contribution in [0.2, 0.25) is 0 Å². The molecule has 7 heteroatoms. The molecule has 0 aliphatic rings. The summed E-state index contributed by atoms with van der Waals surface area (Å²) in [7, 11) is 3.02. The van der Waals surface area contributed by atoms with Crippen molar-refractivity contribution in [3.05, 3.63) is 48.0 Å². The number of carbonyl (C=O) groups excluding carboxylic acids is 2. The van der Waals surface area contributed by atoms with Crippen LogP contribution in [0.15, 0.2) is 42.5 Å². The summed E-state index contributed by atoms with van der Waals surface area (Å²) in [6.07, 6.45) is 0. The topological polar surface area (TPSA) is 83.1 Å². The Balaban J connectivity index is 1.97. The van der Waals surface area contributed by atoms with Gasteiger partial charge >= 0.3 is 5.97 Å². The predicted octanol–water partition coefficient (Wildman–Crippen LogP) is 2.90. The van der Waals surface area contributed by atoms with Crippen molar-refractivity contribution in [3.63, 3.8) is 0 Å². The highest BCUT2D eigenvalue weighted by Gasteiger charge is 2.14. The van der Waals surface area contributed by atoms with Crippen molar-refractivity contribution < 1.29 is 28.5 Å². The average Bonchev–Trinajstić information content (AvgIpc) is 2.66. The molecule has 2 aromatic rings. The zero-order valence-corrected chi connectivity index (χ0v) is 14.9. The van der Waals surface area contributed by atoms with Gasteiger partial charge in [-0.25, -0.2) is 4.79 Å². The Morgan fingerprint density at radius 3 is 2.38 bits per heavy atom. The van der Waals surface area contributed by atoms with Crippen LogP contribution in [-0.4, -0.2) is 39.3 Å². The molecule has 2 aromatic carbocycles. The molecule has 1 N–H and O–H groups in total. The zero-order chi connectivity index (χ0) is 18.9. The number of hydrogen-bond donors (Lipinski definition) is 1. The normalized spacial score (nSPS) is 9.96. The van der Waals surface area contributed by atoms with Crippen molar-refractivity contribution in [1.29, 1.82) is 0 Å². The molecule has 1 amide bonds. The Labute approximate surface area is 151 Å². The van der Waals surface area contributed by atoms with E-state index in [2.05, 4.69) is 5.32 Å². The highest BCUT2D eigenvalue weighted by atomic mass is 16.5. The fourth-order valence-corrected chi connectivity index (χ4v) is 2.22. The fourth-order valence-electron chi connectivity index (χ4n) is 2.22. The Bertz CT molecular complexity index is 774. The minimum absolute atomic E-state index is 0.263. The molecule has 0 atom stereocenters. The van der Waals surface area contributed by atoms with Crippen LogP contribution in [0.1, 0.15) is 17.3 Å². The monoisotopic (exact) mass is 359 g/mol. The number of nitrogens with one attached hydrogen (secondary N) is 1. The van der Waals surface area contributed by atoms with Gasteiger partial charge in [-0.3, -0.25) is 4.79 Å². The zero-order valence-electron chi connectivity index (χ0n) is 14.9. The largest absolute Gasteiger partial charge is 0.495 e. The Kier molecular flexibility index (Phi) is 6.84. The van der Waals surface area contributed by atoms with E-state index in [-0.39, 0.29) is 5.56 Å². The lowest BCUT2D eigenvalue weighted by Crippen LogP contribution is -2.21. The van der Waals surface area contributed by atoms with E-state index in [0.29, 0.717) is 29.5 Å². The number of rotatable bonds is 8. The maximum atomic E-state index is 12.2. The Morgan fingerprint density at radius 2 is 1.69 bits per heavy atom. The first-order valence-electron chi connectivity index (χ1n) is 7.99. The summed E-state index contributed by atoms with van der Waals surface area (Å²) < 4.78 is 20.8. The summed E-state index contributed by atoms with van der Waals surface area (Å²) in [4.78, 5) is 24.2. The number of esters is 1. The van der Waals surface area contributed by atoms with Gasteiger partial charge in [0.15, 0.2) is 18.1 Å². The van der Waals surface area contributed by atoms with E-state index in [0.717, 1.165) is 0 Å². The number of amides is 1. The standard InChI is InChI=1S/C19H21NO6/c1-4-25-17-11-13(9-10-16(17)24-3)19(22)26-12-18(21)20-14-7-5-6-8-15(14)23-2/h5-11H,4,12H2,1-3H3,(H,20,21). The van der Waals surface area contributed by atoms with Gasteiger partial charge < -0.3 is 24.3 Å². The first kappa shape index (κ1) is 19.1. The van der Waals surface area contributed by atoms with Crippen LogP contribution in [0, 0.1) is 0 Å². The number of carbonyl (C=O) groups is 2. The van der Waals surface area contributed by atoms with Gasteiger partial charge in [-0.2, -0.15) is 0 Å². The molecule has 0 spiro atoms. The summed E-state index contributed by atoms with van der Waals surface area (Å²) in [5.74, 6) is 0.356. The van der Waals surface area contributed by atoms with Crippen LogP contribution in [0.4, 0.5) is 5.69 Å². The highest BCUT2D eigenvalue weighted by molar-refractivity contribution is 5.96. The maximum absolute atomic E-state index is 12.2. The molecular weight excluding hydrogens is 338 g/mol. The summed E-state index contributed by atoms with van der Waals surface area (Å²) in [5, 5.41) is 2.63. The number of methoxy groups -OCH3 is 2. The number of anilines is 1. The third-order valence-corrected chi connectivity index (χ3v) is 3.41. The Hall–Kier alpha value is -3.22. The van der Waals surface area contributed by atoms with E-state index in [1.807, 2.05) is 6.92 Å². The second kappa shape index (κ2) is 9.31. The lowest BCUT2D eigenvalue weighted by molar-refractivity contribution is -0.119. The highest BCUT2D eigenvalue weighted by Crippen LogP contribution is 2.28. The summed E-state index contributed by atoms with van der Waals surface area (Å²) in [6.45, 7) is 1.83. The summed E-state index contributed by atoms with van der Waals surface area (Å²) in [5.41, 5.74) is 0.762. The molecule has 0 fully saturated rings. The van der Waals surface area contributed by atoms with Gasteiger partial charge in [-0.05, 0) is 37.3 Å². The average molecular weight is 359 g/mol. The van der Waals surface area contributed by atoms with Crippen molar-refractivity contribution in [1.82, 2.24) is 0 Å². The van der Waals surface area contributed by atoms with Crippen LogP contribution in [-0.2, 0) is 9.53 Å². The predicted molar refractivity (Wildman–Crippen MR) is 96.1 cm³/mol. The van der Waals surface area contributed by atoms with E-state index >= 15 is 0 Å². The van der Waals surface area contributed by atoms with Gasteiger partial charge in [-0.15, -0.1) is 0 Å². The molecular formula is C19H21NO6. The van der Waals surface area contributed by atoms with E-state index in [4.69, 9.17) is 18.9 Å². The van der Waals surface area contributed by atoms with Gasteiger partial charge in [0.25, 0.3) is 5.91 Å². The molecule has 138 valence electrons. The van der Waals surface area contributed by atoms with E-state index in [1.165, 1.54) is 20.3 Å². The van der Waals surface area contributed by atoms with Crippen LogP contribution >= 0.6 is 0 Å². The van der Waals surface area contributed by atoms with Crippen molar-refractivity contribution in [2.45, 2.75) is 6.92 Å². The van der Waals surface area contributed by atoms with E-state index in [1.54, 1.807) is 36.4 Å². The van der Waals surface area contributed by atoms with E-state index < -0.39 is 18.5 Å². The first-order valence-corrected chi connectivity index (χ1v) is 7.99. The lowest BCUT2D eigenvalue weighted by atomic mass is 10.2. The van der Waals surface area contributed by atoms with Gasteiger partial charge in [0.1, 0.15) is 5.75 Å². The van der Waals surface area contributed by atoms with Gasteiger partial charge in [0.05, 0.1) is 32.1 Å². The van der Waals surface area contributed by atoms with Gasteiger partial charge in [0.2, 0.25) is 0 Å². The van der Waals surface area contributed by atoms with Crippen molar-refractivity contribution in [2.24, 2.45) is 0 Å². The number of hydrogen-bond acceptors (Lipinski definition) is 6. The molecule has 0 bridgehead atoms. The molecule has 0 heterocycles. The van der Waals surface area contributed by atoms with Crippen LogP contribution < -0.4 is 19.5 Å². The van der Waals surface area contributed by atoms with Crippen molar-refractivity contribution in [3.8, 4) is 17.2 Å². The third-order valence-electron chi connectivity index (χ3n) is 3.41. The number of ether oxygens (including phenoxy) is 4. The molecule has 0 aromatic heterocycles. The summed E-state index contributed by atoms with van der Waals surface area (Å²) in [6, 6.07) is 11.6. The first-order chi connectivity index (χ1) is 12.6. The molecule has 7 nitrogen and oxygen atoms in total. The maximum Gasteiger partial charge on any atom is 0.338 e. The molecule has 0 unspecified atom stereocenters. The number of para-hydroxylation sites is 2. The molecule has 0 aliphatic heterocycles. The van der Waals surface area contributed by atoms with Gasteiger partial charge in [-0.1, -0.05) is 12.1 Å². The van der Waals surface area contributed by atoms with E-state index in [9.17, 15) is 9.59 Å². The second-order valence-electron chi connectivity index (χ2n) is 5.12. The van der Waals surface area contributed by atoms with Gasteiger partial charge in [0, 0.05) is 0 Å². The van der Waals surface area contributed by atoms with Crippen LogP contribution in [0.25, 0.3) is 0 Å². The minimum Gasteiger partial charge on any atom is -0.495 e. The van der Waals surface area contributed by atoms with Crippen molar-refractivity contribution >= 4 is 17.6 Å². The molecule has 0 radical (unpaired) electrons. The molecule has 0 aliphatic carbocycles. The molecule has 0 saturated heterocycles.